The van der Waals surface area contributed by atoms with Gasteiger partial charge in [0, 0.05) is 18.1 Å². The fourth-order valence-electron chi connectivity index (χ4n) is 3.41. The smallest absolute Gasteiger partial charge is 0.257 e. The van der Waals surface area contributed by atoms with E-state index in [0.29, 0.717) is 35.2 Å². The summed E-state index contributed by atoms with van der Waals surface area (Å²) in [6.45, 7) is 0.926. The summed E-state index contributed by atoms with van der Waals surface area (Å²) in [5.41, 5.74) is 2.57. The van der Waals surface area contributed by atoms with Crippen LogP contribution in [0.2, 0.25) is 0 Å². The molecule has 1 aromatic carbocycles. The molecule has 3 aromatic rings. The largest absolute Gasteiger partial charge is 0.359 e. The molecule has 5 rings (SSSR count). The number of anilines is 3. The van der Waals surface area contributed by atoms with Gasteiger partial charge in [0.15, 0.2) is 0 Å². The molecule has 0 spiro atoms. The summed E-state index contributed by atoms with van der Waals surface area (Å²) in [7, 11) is 0. The van der Waals surface area contributed by atoms with Crippen LogP contribution in [0.25, 0.3) is 10.9 Å². The molecule has 0 atom stereocenters. The van der Waals surface area contributed by atoms with Crippen molar-refractivity contribution in [1.29, 1.82) is 0 Å². The molecule has 1 fully saturated rings. The van der Waals surface area contributed by atoms with Gasteiger partial charge in [-0.1, -0.05) is 18.2 Å². The third-order valence-corrected chi connectivity index (χ3v) is 5.11. The van der Waals surface area contributed by atoms with Crippen molar-refractivity contribution < 1.29 is 9.59 Å². The minimum atomic E-state index is -0.281. The number of para-hydroxylation sites is 1. The van der Waals surface area contributed by atoms with Crippen molar-refractivity contribution in [3.8, 4) is 0 Å². The van der Waals surface area contributed by atoms with Crippen LogP contribution in [-0.2, 0) is 4.79 Å². The molecule has 0 unspecified atom stereocenters. The molecule has 0 bridgehead atoms. The lowest BCUT2D eigenvalue weighted by atomic mass is 10.1. The van der Waals surface area contributed by atoms with Gasteiger partial charge in [-0.2, -0.15) is 0 Å². The predicted octanol–water partition coefficient (Wildman–Crippen LogP) is 3.05. The molecule has 1 aliphatic carbocycles. The van der Waals surface area contributed by atoms with Crippen LogP contribution in [0, 0.1) is 5.92 Å². The van der Waals surface area contributed by atoms with Crippen molar-refractivity contribution in [2.75, 3.05) is 28.6 Å². The summed E-state index contributed by atoms with van der Waals surface area (Å²) in [5, 5.41) is 6.85. The number of hydrogen-bond donors (Lipinski definition) is 2. The monoisotopic (exact) mass is 373 g/mol. The van der Waals surface area contributed by atoms with Crippen LogP contribution in [0.15, 0.2) is 48.8 Å². The van der Waals surface area contributed by atoms with E-state index in [4.69, 9.17) is 0 Å². The van der Waals surface area contributed by atoms with Gasteiger partial charge in [-0.05, 0) is 37.0 Å². The van der Waals surface area contributed by atoms with Gasteiger partial charge in [0.25, 0.3) is 5.91 Å². The van der Waals surface area contributed by atoms with Gasteiger partial charge in [0.1, 0.15) is 5.82 Å². The third-order valence-electron chi connectivity index (χ3n) is 5.11. The number of carbonyl (C=O) groups is 2. The lowest BCUT2D eigenvalue weighted by Gasteiger charge is -2.29. The maximum absolute atomic E-state index is 12.8. The van der Waals surface area contributed by atoms with Gasteiger partial charge in [-0.3, -0.25) is 14.6 Å². The van der Waals surface area contributed by atoms with Gasteiger partial charge in [-0.25, -0.2) is 4.98 Å². The highest BCUT2D eigenvalue weighted by molar-refractivity contribution is 6.08. The molecule has 0 saturated heterocycles. The zero-order valence-electron chi connectivity index (χ0n) is 15.2. The maximum atomic E-state index is 12.8. The number of aromatic nitrogens is 2. The number of pyridine rings is 2. The molecular weight excluding hydrogens is 354 g/mol. The Hall–Kier alpha value is -3.48. The van der Waals surface area contributed by atoms with E-state index in [1.54, 1.807) is 17.2 Å². The maximum Gasteiger partial charge on any atom is 0.257 e. The number of rotatable bonds is 4. The van der Waals surface area contributed by atoms with Crippen LogP contribution in [0.1, 0.15) is 23.2 Å². The number of nitrogens with zero attached hydrogens (tertiary/aromatic N) is 3. The Morgan fingerprint density at radius 2 is 2.04 bits per heavy atom. The Labute approximate surface area is 161 Å². The van der Waals surface area contributed by atoms with Crippen LogP contribution >= 0.6 is 0 Å². The first kappa shape index (κ1) is 16.7. The third kappa shape index (κ3) is 3.15. The van der Waals surface area contributed by atoms with Gasteiger partial charge in [0.05, 0.1) is 35.2 Å². The average molecular weight is 373 g/mol. The average Bonchev–Trinajstić information content (AvgIpc) is 3.54. The van der Waals surface area contributed by atoms with Crippen LogP contribution < -0.4 is 15.5 Å². The van der Waals surface area contributed by atoms with E-state index < -0.39 is 0 Å². The van der Waals surface area contributed by atoms with Gasteiger partial charge >= 0.3 is 0 Å². The van der Waals surface area contributed by atoms with Gasteiger partial charge in [-0.15, -0.1) is 0 Å². The van der Waals surface area contributed by atoms with Crippen molar-refractivity contribution >= 4 is 39.9 Å². The van der Waals surface area contributed by atoms with Crippen LogP contribution in [0.4, 0.5) is 17.2 Å². The molecule has 2 aromatic heterocycles. The minimum Gasteiger partial charge on any atom is -0.359 e. The molecule has 2 amide bonds. The second-order valence-corrected chi connectivity index (χ2v) is 7.26. The van der Waals surface area contributed by atoms with E-state index in [0.717, 1.165) is 23.7 Å². The molecule has 140 valence electrons. The van der Waals surface area contributed by atoms with Crippen molar-refractivity contribution in [1.82, 2.24) is 9.97 Å². The van der Waals surface area contributed by atoms with Crippen molar-refractivity contribution in [3.05, 3.63) is 54.4 Å². The standard InChI is InChI=1S/C21H19N5O2/c27-19-11-24-20-18(26(19)12-13-5-6-13)8-15(9-23-20)21(28)25-16-7-14-3-1-2-4-17(14)22-10-16/h1-4,7-10,13H,5-6,11-12H2,(H,23,24)(H,25,28). The minimum absolute atomic E-state index is 0.0116. The number of nitrogens with one attached hydrogen (secondary N) is 2. The first-order chi connectivity index (χ1) is 13.7. The number of fused-ring (bicyclic) bond motifs is 2. The summed E-state index contributed by atoms with van der Waals surface area (Å²) in [6, 6.07) is 11.4. The Morgan fingerprint density at radius 1 is 1.18 bits per heavy atom. The molecule has 1 saturated carbocycles. The first-order valence-corrected chi connectivity index (χ1v) is 9.38. The fraction of sp³-hybridized carbons (Fsp3) is 0.238. The highest BCUT2D eigenvalue weighted by atomic mass is 16.2. The van der Waals surface area contributed by atoms with E-state index >= 15 is 0 Å². The first-order valence-electron chi connectivity index (χ1n) is 9.38. The zero-order chi connectivity index (χ0) is 19.1. The Balaban J connectivity index is 1.41. The Kier molecular flexibility index (Phi) is 3.93. The Morgan fingerprint density at radius 3 is 2.89 bits per heavy atom. The van der Waals surface area contributed by atoms with E-state index in [1.807, 2.05) is 30.3 Å². The van der Waals surface area contributed by atoms with E-state index in [1.165, 1.54) is 6.20 Å². The number of amides is 2. The lowest BCUT2D eigenvalue weighted by molar-refractivity contribution is -0.117. The van der Waals surface area contributed by atoms with Crippen molar-refractivity contribution in [2.45, 2.75) is 12.8 Å². The van der Waals surface area contributed by atoms with E-state index in [9.17, 15) is 9.59 Å². The molecule has 1 aliphatic heterocycles. The predicted molar refractivity (Wildman–Crippen MR) is 107 cm³/mol. The molecule has 0 radical (unpaired) electrons. The fourth-order valence-corrected chi connectivity index (χ4v) is 3.41. The van der Waals surface area contributed by atoms with Crippen molar-refractivity contribution in [3.63, 3.8) is 0 Å². The van der Waals surface area contributed by atoms with Gasteiger partial charge < -0.3 is 15.5 Å². The number of benzene rings is 1. The second-order valence-electron chi connectivity index (χ2n) is 7.26. The number of carbonyl (C=O) groups excluding carboxylic acids is 2. The van der Waals surface area contributed by atoms with Crippen molar-refractivity contribution in [2.24, 2.45) is 5.92 Å². The summed E-state index contributed by atoms with van der Waals surface area (Å²) >= 11 is 0. The zero-order valence-corrected chi connectivity index (χ0v) is 15.2. The van der Waals surface area contributed by atoms with E-state index in [-0.39, 0.29) is 18.4 Å². The lowest BCUT2D eigenvalue weighted by Crippen LogP contribution is -2.41. The van der Waals surface area contributed by atoms with Gasteiger partial charge in [0.2, 0.25) is 5.91 Å². The molecule has 2 N–H and O–H groups in total. The van der Waals surface area contributed by atoms with Crippen LogP contribution in [-0.4, -0.2) is 34.9 Å². The highest BCUT2D eigenvalue weighted by Gasteiger charge is 2.32. The number of hydrogen-bond acceptors (Lipinski definition) is 5. The molecular formula is C21H19N5O2. The molecule has 2 aliphatic rings. The summed E-state index contributed by atoms with van der Waals surface area (Å²) < 4.78 is 0. The quantitative estimate of drug-likeness (QED) is 0.734. The normalized spacial score (nSPS) is 15.9. The van der Waals surface area contributed by atoms with Crippen LogP contribution in [0.5, 0.6) is 0 Å². The Bertz CT molecular complexity index is 1090. The SMILES string of the molecule is O=C(Nc1cnc2ccccc2c1)c1cnc2c(c1)N(CC1CC1)C(=O)CN2. The molecule has 28 heavy (non-hydrogen) atoms. The molecule has 7 heteroatoms. The second kappa shape index (κ2) is 6.60. The van der Waals surface area contributed by atoms with Crippen LogP contribution in [0.3, 0.4) is 0 Å². The highest BCUT2D eigenvalue weighted by Crippen LogP contribution is 2.35. The summed E-state index contributed by atoms with van der Waals surface area (Å²) in [6.07, 6.45) is 5.46. The van der Waals surface area contributed by atoms with E-state index in [2.05, 4.69) is 20.6 Å². The summed E-state index contributed by atoms with van der Waals surface area (Å²) in [5.74, 6) is 0.925. The molecule has 3 heterocycles. The summed E-state index contributed by atoms with van der Waals surface area (Å²) in [4.78, 5) is 35.6. The molecule has 7 nitrogen and oxygen atoms in total. The topological polar surface area (TPSA) is 87.2 Å².